The Kier molecular flexibility index (Phi) is 6.83. The van der Waals surface area contributed by atoms with Crippen molar-refractivity contribution in [3.8, 4) is 0 Å². The van der Waals surface area contributed by atoms with E-state index in [9.17, 15) is 0 Å². The first kappa shape index (κ1) is 17.7. The van der Waals surface area contributed by atoms with Gasteiger partial charge in [0.15, 0.2) is 5.96 Å². The lowest BCUT2D eigenvalue weighted by Crippen LogP contribution is -2.47. The van der Waals surface area contributed by atoms with E-state index >= 15 is 0 Å². The van der Waals surface area contributed by atoms with Crippen molar-refractivity contribution in [1.82, 2.24) is 25.4 Å². The molecule has 7 nitrogen and oxygen atoms in total. The van der Waals surface area contributed by atoms with Crippen LogP contribution in [0, 0.1) is 5.92 Å². The van der Waals surface area contributed by atoms with E-state index in [0.29, 0.717) is 12.0 Å². The minimum atomic E-state index is 0.290. The molecule has 0 radical (unpaired) electrons. The van der Waals surface area contributed by atoms with E-state index in [0.717, 1.165) is 50.7 Å². The molecular weight excluding hydrogens is 292 g/mol. The fourth-order valence-electron chi connectivity index (χ4n) is 2.90. The summed E-state index contributed by atoms with van der Waals surface area (Å²) in [5, 5.41) is 11.1. The van der Waals surface area contributed by atoms with Crippen LogP contribution in [-0.4, -0.2) is 53.1 Å². The van der Waals surface area contributed by atoms with E-state index in [2.05, 4.69) is 39.6 Å². The lowest BCUT2D eigenvalue weighted by molar-refractivity contribution is 0.0258. The standard InChI is InChI=1S/C16H30N6O/c1-5-23-14(12(2)3)8-9-18-16(17-4)21-13-6-7-15-19-11-20-22(15)10-13/h11-14H,5-10H2,1-4H3,(H2,17,18,21). The molecule has 2 unspecified atom stereocenters. The summed E-state index contributed by atoms with van der Waals surface area (Å²) in [6.07, 6.45) is 4.90. The van der Waals surface area contributed by atoms with Crippen molar-refractivity contribution in [2.75, 3.05) is 20.2 Å². The molecule has 1 aliphatic rings. The fraction of sp³-hybridized carbons (Fsp3) is 0.812. The minimum Gasteiger partial charge on any atom is -0.378 e. The maximum absolute atomic E-state index is 5.78. The molecule has 130 valence electrons. The van der Waals surface area contributed by atoms with Crippen LogP contribution in [0.2, 0.25) is 0 Å². The summed E-state index contributed by atoms with van der Waals surface area (Å²) in [4.78, 5) is 8.58. The number of aromatic nitrogens is 3. The summed E-state index contributed by atoms with van der Waals surface area (Å²) < 4.78 is 7.75. The average molecular weight is 322 g/mol. The molecule has 2 atom stereocenters. The Balaban J connectivity index is 1.76. The Morgan fingerprint density at radius 3 is 3.04 bits per heavy atom. The zero-order valence-corrected chi connectivity index (χ0v) is 14.7. The van der Waals surface area contributed by atoms with E-state index in [1.165, 1.54) is 0 Å². The van der Waals surface area contributed by atoms with Crippen molar-refractivity contribution >= 4 is 5.96 Å². The molecular formula is C16H30N6O. The van der Waals surface area contributed by atoms with Gasteiger partial charge in [-0.15, -0.1) is 0 Å². The Morgan fingerprint density at radius 1 is 1.52 bits per heavy atom. The van der Waals surface area contributed by atoms with Crippen LogP contribution in [-0.2, 0) is 17.7 Å². The summed E-state index contributed by atoms with van der Waals surface area (Å²) in [7, 11) is 1.81. The van der Waals surface area contributed by atoms with Crippen molar-refractivity contribution in [1.29, 1.82) is 0 Å². The van der Waals surface area contributed by atoms with Crippen LogP contribution in [0.3, 0.4) is 0 Å². The average Bonchev–Trinajstić information content (AvgIpc) is 3.00. The van der Waals surface area contributed by atoms with Crippen LogP contribution in [0.25, 0.3) is 0 Å². The number of hydrogen-bond acceptors (Lipinski definition) is 4. The molecule has 0 spiro atoms. The Labute approximate surface area is 138 Å². The van der Waals surface area contributed by atoms with E-state index in [1.54, 1.807) is 6.33 Å². The topological polar surface area (TPSA) is 76.4 Å². The quantitative estimate of drug-likeness (QED) is 0.583. The molecule has 0 saturated heterocycles. The fourth-order valence-corrected chi connectivity index (χ4v) is 2.90. The summed E-state index contributed by atoms with van der Waals surface area (Å²) in [6, 6.07) is 0.336. The monoisotopic (exact) mass is 322 g/mol. The third kappa shape index (κ3) is 5.20. The van der Waals surface area contributed by atoms with Crippen molar-refractivity contribution in [2.24, 2.45) is 10.9 Å². The van der Waals surface area contributed by atoms with E-state index in [-0.39, 0.29) is 6.10 Å². The Hall–Kier alpha value is -1.63. The van der Waals surface area contributed by atoms with Crippen molar-refractivity contribution in [2.45, 2.75) is 58.7 Å². The number of fused-ring (bicyclic) bond motifs is 1. The second-order valence-electron chi connectivity index (χ2n) is 6.26. The number of aliphatic imine (C=N–C) groups is 1. The normalized spacial score (nSPS) is 19.5. The molecule has 0 amide bonds. The maximum atomic E-state index is 5.78. The van der Waals surface area contributed by atoms with Gasteiger partial charge in [0.2, 0.25) is 0 Å². The highest BCUT2D eigenvalue weighted by Crippen LogP contribution is 2.12. The van der Waals surface area contributed by atoms with Crippen molar-refractivity contribution in [3.63, 3.8) is 0 Å². The molecule has 1 aromatic rings. The first-order valence-corrected chi connectivity index (χ1v) is 8.59. The third-order valence-electron chi connectivity index (χ3n) is 4.22. The zero-order valence-electron chi connectivity index (χ0n) is 14.7. The number of nitrogens with one attached hydrogen (secondary N) is 2. The highest BCUT2D eigenvalue weighted by molar-refractivity contribution is 5.79. The van der Waals surface area contributed by atoms with Gasteiger partial charge in [-0.2, -0.15) is 5.10 Å². The molecule has 1 aromatic heterocycles. The van der Waals surface area contributed by atoms with Gasteiger partial charge in [0, 0.05) is 32.7 Å². The maximum Gasteiger partial charge on any atom is 0.191 e. The largest absolute Gasteiger partial charge is 0.378 e. The van der Waals surface area contributed by atoms with Crippen LogP contribution < -0.4 is 10.6 Å². The number of nitrogens with zero attached hydrogens (tertiary/aromatic N) is 4. The molecule has 7 heteroatoms. The van der Waals surface area contributed by atoms with Crippen LogP contribution in [0.4, 0.5) is 0 Å². The summed E-state index contributed by atoms with van der Waals surface area (Å²) in [6.45, 7) is 8.90. The number of guanidine groups is 1. The first-order chi connectivity index (χ1) is 11.1. The molecule has 1 aliphatic heterocycles. The molecule has 0 fully saturated rings. The van der Waals surface area contributed by atoms with E-state index in [1.807, 2.05) is 18.7 Å². The zero-order chi connectivity index (χ0) is 16.7. The molecule has 0 bridgehead atoms. The van der Waals surface area contributed by atoms with Crippen molar-refractivity contribution in [3.05, 3.63) is 12.2 Å². The van der Waals surface area contributed by atoms with Gasteiger partial charge in [-0.3, -0.25) is 4.99 Å². The lowest BCUT2D eigenvalue weighted by Gasteiger charge is -2.26. The summed E-state index contributed by atoms with van der Waals surface area (Å²) in [5.41, 5.74) is 0. The summed E-state index contributed by atoms with van der Waals surface area (Å²) >= 11 is 0. The number of ether oxygens (including phenoxy) is 1. The van der Waals surface area contributed by atoms with Crippen LogP contribution in [0.5, 0.6) is 0 Å². The van der Waals surface area contributed by atoms with Crippen molar-refractivity contribution < 1.29 is 4.74 Å². The van der Waals surface area contributed by atoms with Crippen LogP contribution in [0.15, 0.2) is 11.3 Å². The van der Waals surface area contributed by atoms with Gasteiger partial charge in [-0.05, 0) is 25.7 Å². The van der Waals surface area contributed by atoms with E-state index in [4.69, 9.17) is 4.74 Å². The molecule has 23 heavy (non-hydrogen) atoms. The highest BCUT2D eigenvalue weighted by atomic mass is 16.5. The van der Waals surface area contributed by atoms with Crippen LogP contribution in [0.1, 0.15) is 39.4 Å². The van der Waals surface area contributed by atoms with Gasteiger partial charge in [-0.1, -0.05) is 13.8 Å². The van der Waals surface area contributed by atoms with Gasteiger partial charge >= 0.3 is 0 Å². The van der Waals surface area contributed by atoms with Gasteiger partial charge in [-0.25, -0.2) is 9.67 Å². The first-order valence-electron chi connectivity index (χ1n) is 8.59. The Morgan fingerprint density at radius 2 is 2.35 bits per heavy atom. The molecule has 0 aromatic carbocycles. The third-order valence-corrected chi connectivity index (χ3v) is 4.22. The molecule has 0 saturated carbocycles. The van der Waals surface area contributed by atoms with Gasteiger partial charge in [0.1, 0.15) is 12.2 Å². The highest BCUT2D eigenvalue weighted by Gasteiger charge is 2.20. The number of aryl methyl sites for hydroxylation is 1. The molecule has 2 rings (SSSR count). The molecule has 2 heterocycles. The molecule has 0 aliphatic carbocycles. The summed E-state index contributed by atoms with van der Waals surface area (Å²) in [5.74, 6) is 2.44. The smallest absolute Gasteiger partial charge is 0.191 e. The van der Waals surface area contributed by atoms with Gasteiger partial charge in [0.05, 0.1) is 12.6 Å². The van der Waals surface area contributed by atoms with E-state index < -0.39 is 0 Å². The second-order valence-corrected chi connectivity index (χ2v) is 6.26. The molecule has 2 N–H and O–H groups in total. The van der Waals surface area contributed by atoms with Crippen LogP contribution >= 0.6 is 0 Å². The second kappa shape index (κ2) is 8.86. The predicted octanol–water partition coefficient (Wildman–Crippen LogP) is 1.21. The minimum absolute atomic E-state index is 0.290. The van der Waals surface area contributed by atoms with Gasteiger partial charge in [0.25, 0.3) is 0 Å². The predicted molar refractivity (Wildman–Crippen MR) is 91.5 cm³/mol. The lowest BCUT2D eigenvalue weighted by atomic mass is 10.0. The number of rotatable bonds is 7. The SMILES string of the molecule is CCOC(CCNC(=NC)NC1CCc2ncnn2C1)C(C)C. The van der Waals surface area contributed by atoms with Gasteiger partial charge < -0.3 is 15.4 Å². The number of hydrogen-bond donors (Lipinski definition) is 2. The Bertz CT molecular complexity index is 499.